The maximum absolute atomic E-state index is 12.9. The molecule has 2 heterocycles. The minimum absolute atomic E-state index is 0.152. The van der Waals surface area contributed by atoms with Gasteiger partial charge in [0.05, 0.1) is 11.8 Å². The SMILES string of the molecule is CC1CN(C(=O)c2cncc(F)c2)CCN1. The molecule has 0 aliphatic carbocycles. The minimum atomic E-state index is -0.478. The van der Waals surface area contributed by atoms with Gasteiger partial charge in [0.25, 0.3) is 5.91 Å². The standard InChI is InChI=1S/C11H14FN3O/c1-8-7-15(3-2-14-8)11(16)9-4-10(12)6-13-5-9/h4-6,8,14H,2-3,7H2,1H3. The Labute approximate surface area is 93.5 Å². The van der Waals surface area contributed by atoms with Crippen molar-refractivity contribution < 1.29 is 9.18 Å². The lowest BCUT2D eigenvalue weighted by Crippen LogP contribution is -2.51. The molecule has 1 amide bonds. The topological polar surface area (TPSA) is 45.2 Å². The van der Waals surface area contributed by atoms with E-state index in [4.69, 9.17) is 0 Å². The van der Waals surface area contributed by atoms with Gasteiger partial charge in [-0.3, -0.25) is 9.78 Å². The van der Waals surface area contributed by atoms with Gasteiger partial charge < -0.3 is 10.2 Å². The predicted octanol–water partition coefficient (Wildman–Crippen LogP) is 0.655. The average Bonchev–Trinajstić information content (AvgIpc) is 2.28. The zero-order chi connectivity index (χ0) is 11.5. The second-order valence-electron chi connectivity index (χ2n) is 4.00. The van der Waals surface area contributed by atoms with E-state index in [1.807, 2.05) is 6.92 Å². The van der Waals surface area contributed by atoms with Gasteiger partial charge in [-0.1, -0.05) is 0 Å². The summed E-state index contributed by atoms with van der Waals surface area (Å²) in [4.78, 5) is 17.4. The third-order valence-corrected chi connectivity index (χ3v) is 2.61. The number of hydrogen-bond acceptors (Lipinski definition) is 3. The Hall–Kier alpha value is -1.49. The van der Waals surface area contributed by atoms with E-state index < -0.39 is 5.82 Å². The molecule has 1 fully saturated rings. The van der Waals surface area contributed by atoms with Crippen molar-refractivity contribution >= 4 is 5.91 Å². The highest BCUT2D eigenvalue weighted by atomic mass is 19.1. The number of aromatic nitrogens is 1. The number of carbonyl (C=O) groups is 1. The summed E-state index contributed by atoms with van der Waals surface area (Å²) in [7, 11) is 0. The van der Waals surface area contributed by atoms with Crippen LogP contribution >= 0.6 is 0 Å². The van der Waals surface area contributed by atoms with Crippen LogP contribution in [0.15, 0.2) is 18.5 Å². The van der Waals surface area contributed by atoms with Crippen LogP contribution in [0.2, 0.25) is 0 Å². The van der Waals surface area contributed by atoms with Gasteiger partial charge >= 0.3 is 0 Å². The van der Waals surface area contributed by atoms with Crippen molar-refractivity contribution in [1.29, 1.82) is 0 Å². The number of nitrogens with zero attached hydrogens (tertiary/aromatic N) is 2. The Morgan fingerprint density at radius 3 is 3.12 bits per heavy atom. The molecule has 1 aromatic rings. The zero-order valence-corrected chi connectivity index (χ0v) is 9.11. The Kier molecular flexibility index (Phi) is 3.14. The molecule has 16 heavy (non-hydrogen) atoms. The molecule has 1 aliphatic heterocycles. The van der Waals surface area contributed by atoms with Crippen molar-refractivity contribution in [2.45, 2.75) is 13.0 Å². The number of pyridine rings is 1. The molecule has 4 nitrogen and oxygen atoms in total. The van der Waals surface area contributed by atoms with Crippen LogP contribution in [0, 0.1) is 5.82 Å². The molecular weight excluding hydrogens is 209 g/mol. The summed E-state index contributed by atoms with van der Waals surface area (Å²) >= 11 is 0. The van der Waals surface area contributed by atoms with E-state index in [0.29, 0.717) is 18.7 Å². The molecule has 0 aromatic carbocycles. The summed E-state index contributed by atoms with van der Waals surface area (Å²) in [5.74, 6) is -0.630. The number of rotatable bonds is 1. The Morgan fingerprint density at radius 2 is 2.44 bits per heavy atom. The lowest BCUT2D eigenvalue weighted by Gasteiger charge is -2.31. The number of amides is 1. The number of nitrogens with one attached hydrogen (secondary N) is 1. The van der Waals surface area contributed by atoms with Crippen LogP contribution in [0.5, 0.6) is 0 Å². The van der Waals surface area contributed by atoms with Crippen molar-refractivity contribution in [3.05, 3.63) is 29.8 Å². The summed E-state index contributed by atoms with van der Waals surface area (Å²) < 4.78 is 12.9. The smallest absolute Gasteiger partial charge is 0.255 e. The summed E-state index contributed by atoms with van der Waals surface area (Å²) in [6, 6.07) is 1.50. The third-order valence-electron chi connectivity index (χ3n) is 2.61. The Balaban J connectivity index is 2.12. The predicted molar refractivity (Wildman–Crippen MR) is 57.6 cm³/mol. The van der Waals surface area contributed by atoms with Gasteiger partial charge in [-0.15, -0.1) is 0 Å². The van der Waals surface area contributed by atoms with E-state index >= 15 is 0 Å². The quantitative estimate of drug-likeness (QED) is 0.760. The first-order valence-electron chi connectivity index (χ1n) is 5.30. The maximum atomic E-state index is 12.9. The van der Waals surface area contributed by atoms with Gasteiger partial charge in [-0.05, 0) is 13.0 Å². The molecule has 1 aliphatic rings. The van der Waals surface area contributed by atoms with Gasteiger partial charge in [0, 0.05) is 31.9 Å². The fraction of sp³-hybridized carbons (Fsp3) is 0.455. The van der Waals surface area contributed by atoms with Crippen molar-refractivity contribution in [2.24, 2.45) is 0 Å². The molecule has 2 rings (SSSR count). The van der Waals surface area contributed by atoms with Crippen LogP contribution < -0.4 is 5.32 Å². The lowest BCUT2D eigenvalue weighted by atomic mass is 10.2. The highest BCUT2D eigenvalue weighted by Gasteiger charge is 2.21. The molecule has 86 valence electrons. The largest absolute Gasteiger partial charge is 0.336 e. The first kappa shape index (κ1) is 11.0. The highest BCUT2D eigenvalue weighted by molar-refractivity contribution is 5.94. The Bertz CT molecular complexity index is 397. The van der Waals surface area contributed by atoms with Crippen LogP contribution in [0.1, 0.15) is 17.3 Å². The molecule has 1 aromatic heterocycles. The third kappa shape index (κ3) is 2.36. The van der Waals surface area contributed by atoms with Crippen LogP contribution in [0.3, 0.4) is 0 Å². The van der Waals surface area contributed by atoms with Crippen LogP contribution in [-0.4, -0.2) is 41.5 Å². The van der Waals surface area contributed by atoms with E-state index in [2.05, 4.69) is 10.3 Å². The number of piperazine rings is 1. The van der Waals surface area contributed by atoms with Gasteiger partial charge in [0.15, 0.2) is 0 Å². The molecule has 1 unspecified atom stereocenters. The van der Waals surface area contributed by atoms with Crippen molar-refractivity contribution in [3.63, 3.8) is 0 Å². The highest BCUT2D eigenvalue weighted by Crippen LogP contribution is 2.08. The molecule has 1 N–H and O–H groups in total. The maximum Gasteiger partial charge on any atom is 0.255 e. The fourth-order valence-corrected chi connectivity index (χ4v) is 1.83. The zero-order valence-electron chi connectivity index (χ0n) is 9.11. The first-order valence-corrected chi connectivity index (χ1v) is 5.30. The van der Waals surface area contributed by atoms with Gasteiger partial charge in [-0.2, -0.15) is 0 Å². The van der Waals surface area contributed by atoms with Crippen LogP contribution in [0.4, 0.5) is 4.39 Å². The van der Waals surface area contributed by atoms with Crippen molar-refractivity contribution in [1.82, 2.24) is 15.2 Å². The molecule has 0 saturated carbocycles. The van der Waals surface area contributed by atoms with Crippen LogP contribution in [-0.2, 0) is 0 Å². The summed E-state index contributed by atoms with van der Waals surface area (Å²) in [5.41, 5.74) is 0.314. The van der Waals surface area contributed by atoms with Crippen LogP contribution in [0.25, 0.3) is 0 Å². The summed E-state index contributed by atoms with van der Waals surface area (Å²) in [6.45, 7) is 4.09. The summed E-state index contributed by atoms with van der Waals surface area (Å²) in [5, 5.41) is 3.25. The molecule has 1 atom stereocenters. The molecule has 0 spiro atoms. The molecular formula is C11H14FN3O. The van der Waals surface area contributed by atoms with E-state index in [1.54, 1.807) is 4.90 Å². The second-order valence-corrected chi connectivity index (χ2v) is 4.00. The fourth-order valence-electron chi connectivity index (χ4n) is 1.83. The van der Waals surface area contributed by atoms with Gasteiger partial charge in [-0.25, -0.2) is 4.39 Å². The first-order chi connectivity index (χ1) is 7.66. The van der Waals surface area contributed by atoms with E-state index in [0.717, 1.165) is 12.7 Å². The van der Waals surface area contributed by atoms with Crippen molar-refractivity contribution in [2.75, 3.05) is 19.6 Å². The molecule has 0 bridgehead atoms. The average molecular weight is 223 g/mol. The number of halogens is 1. The normalized spacial score (nSPS) is 20.9. The monoisotopic (exact) mass is 223 g/mol. The molecule has 0 radical (unpaired) electrons. The van der Waals surface area contributed by atoms with E-state index in [-0.39, 0.29) is 11.9 Å². The van der Waals surface area contributed by atoms with Gasteiger partial charge in [0.2, 0.25) is 0 Å². The summed E-state index contributed by atoms with van der Waals surface area (Å²) in [6.07, 6.45) is 2.50. The number of hydrogen-bond donors (Lipinski definition) is 1. The minimum Gasteiger partial charge on any atom is -0.336 e. The number of carbonyl (C=O) groups excluding carboxylic acids is 1. The van der Waals surface area contributed by atoms with Gasteiger partial charge in [0.1, 0.15) is 5.82 Å². The Morgan fingerprint density at radius 1 is 1.62 bits per heavy atom. The molecule has 1 saturated heterocycles. The lowest BCUT2D eigenvalue weighted by molar-refractivity contribution is 0.0708. The van der Waals surface area contributed by atoms with E-state index in [1.165, 1.54) is 12.3 Å². The second kappa shape index (κ2) is 4.57. The van der Waals surface area contributed by atoms with E-state index in [9.17, 15) is 9.18 Å². The van der Waals surface area contributed by atoms with Crippen molar-refractivity contribution in [3.8, 4) is 0 Å². The molecule has 5 heteroatoms.